The number of piperazine rings is 1. The number of rotatable bonds is 12. The summed E-state index contributed by atoms with van der Waals surface area (Å²) in [5, 5.41) is 5.78. The topological polar surface area (TPSA) is 83.1 Å². The Balaban J connectivity index is 1.22. The third-order valence-electron chi connectivity index (χ3n) is 7.66. The molecule has 0 aromatic heterocycles. The van der Waals surface area contributed by atoms with Gasteiger partial charge >= 0.3 is 6.09 Å². The number of likely N-dealkylation sites (N-methyl/N-ethyl adjacent to an activating group) is 1. The van der Waals surface area contributed by atoms with Crippen LogP contribution in [0.2, 0.25) is 0 Å². The molecule has 0 spiro atoms. The number of alkyl carbamates (subject to hydrolysis) is 1. The lowest BCUT2D eigenvalue weighted by Crippen LogP contribution is -2.43. The van der Waals surface area contributed by atoms with Crippen molar-refractivity contribution in [2.75, 3.05) is 33.2 Å². The number of hydrogen-bond acceptors (Lipinski definition) is 6. The predicted octanol–water partition coefficient (Wildman–Crippen LogP) is 5.30. The standard InChI is InChI=1S/C36H40N4O4/c1-39-19-21-40(22-20-39)25-31-14-8-13-30(23-31)24-37-35(41)34(38-36(42)44-27-29-11-6-3-7-12-29)32-15-17-33(18-16-32)43-26-28-9-4-2-5-10-28/h2-18,23,34H,19-22,24-27H2,1H3,(H,37,41)(H,38,42)/t34-/m0/s1. The highest BCUT2D eigenvalue weighted by Crippen LogP contribution is 2.20. The van der Waals surface area contributed by atoms with Gasteiger partial charge < -0.3 is 25.0 Å². The van der Waals surface area contributed by atoms with Crippen molar-refractivity contribution in [3.05, 3.63) is 137 Å². The zero-order valence-electron chi connectivity index (χ0n) is 25.2. The van der Waals surface area contributed by atoms with Gasteiger partial charge in [0.25, 0.3) is 0 Å². The first-order valence-electron chi connectivity index (χ1n) is 15.0. The Labute approximate surface area is 259 Å². The monoisotopic (exact) mass is 592 g/mol. The predicted molar refractivity (Wildman–Crippen MR) is 171 cm³/mol. The van der Waals surface area contributed by atoms with E-state index in [0.29, 0.717) is 24.5 Å². The number of nitrogens with zero attached hydrogens (tertiary/aromatic N) is 2. The van der Waals surface area contributed by atoms with Crippen LogP contribution < -0.4 is 15.4 Å². The van der Waals surface area contributed by atoms with Crippen molar-refractivity contribution in [2.24, 2.45) is 0 Å². The third kappa shape index (κ3) is 9.42. The highest BCUT2D eigenvalue weighted by molar-refractivity contribution is 5.86. The molecule has 1 saturated heterocycles. The minimum absolute atomic E-state index is 0.105. The van der Waals surface area contributed by atoms with Gasteiger partial charge in [-0.2, -0.15) is 0 Å². The summed E-state index contributed by atoms with van der Waals surface area (Å²) in [6, 6.07) is 33.9. The number of hydrogen-bond donors (Lipinski definition) is 2. The lowest BCUT2D eigenvalue weighted by Gasteiger charge is -2.32. The van der Waals surface area contributed by atoms with Crippen LogP contribution in [0, 0.1) is 0 Å². The number of benzene rings is 4. The molecule has 0 bridgehead atoms. The largest absolute Gasteiger partial charge is 0.489 e. The minimum Gasteiger partial charge on any atom is -0.489 e. The summed E-state index contributed by atoms with van der Waals surface area (Å²) < 4.78 is 11.4. The molecule has 8 heteroatoms. The number of nitrogens with one attached hydrogen (secondary N) is 2. The van der Waals surface area contributed by atoms with E-state index in [1.54, 1.807) is 24.3 Å². The van der Waals surface area contributed by atoms with Gasteiger partial charge in [-0.15, -0.1) is 0 Å². The van der Waals surface area contributed by atoms with Gasteiger partial charge in [0, 0.05) is 39.3 Å². The Morgan fingerprint density at radius 1 is 0.727 bits per heavy atom. The number of ether oxygens (including phenoxy) is 2. The van der Waals surface area contributed by atoms with E-state index in [2.05, 4.69) is 39.6 Å². The molecule has 0 saturated carbocycles. The molecule has 1 aliphatic rings. The molecule has 2 N–H and O–H groups in total. The summed E-state index contributed by atoms with van der Waals surface area (Å²) >= 11 is 0. The van der Waals surface area contributed by atoms with Crippen LogP contribution in [-0.4, -0.2) is 55.0 Å². The molecule has 228 valence electrons. The van der Waals surface area contributed by atoms with Crippen LogP contribution in [-0.2, 0) is 35.8 Å². The van der Waals surface area contributed by atoms with Gasteiger partial charge in [0.1, 0.15) is 25.0 Å². The Hall–Kier alpha value is -4.66. The van der Waals surface area contributed by atoms with Crippen molar-refractivity contribution >= 4 is 12.0 Å². The van der Waals surface area contributed by atoms with Gasteiger partial charge in [0.05, 0.1) is 0 Å². The summed E-state index contributed by atoms with van der Waals surface area (Å²) in [6.07, 6.45) is -0.674. The van der Waals surface area contributed by atoms with Crippen molar-refractivity contribution in [3.8, 4) is 5.75 Å². The van der Waals surface area contributed by atoms with E-state index in [9.17, 15) is 9.59 Å². The van der Waals surface area contributed by atoms with Crippen molar-refractivity contribution < 1.29 is 19.1 Å². The Morgan fingerprint density at radius 3 is 2.02 bits per heavy atom. The molecule has 0 unspecified atom stereocenters. The van der Waals surface area contributed by atoms with Crippen LogP contribution in [0.3, 0.4) is 0 Å². The van der Waals surface area contributed by atoms with Gasteiger partial charge in [-0.3, -0.25) is 9.69 Å². The fourth-order valence-corrected chi connectivity index (χ4v) is 5.07. The molecular formula is C36H40N4O4. The smallest absolute Gasteiger partial charge is 0.408 e. The molecule has 8 nitrogen and oxygen atoms in total. The fourth-order valence-electron chi connectivity index (χ4n) is 5.07. The molecule has 1 fully saturated rings. The summed E-state index contributed by atoms with van der Waals surface area (Å²) in [5.74, 6) is 0.338. The van der Waals surface area contributed by atoms with E-state index in [-0.39, 0.29) is 12.5 Å². The SMILES string of the molecule is CN1CCN(Cc2cccc(CNC(=O)[C@@H](NC(=O)OCc3ccccc3)c3ccc(OCc4ccccc4)cc3)c2)CC1. The Kier molecular flexibility index (Phi) is 11.0. The first-order chi connectivity index (χ1) is 21.5. The quantitative estimate of drug-likeness (QED) is 0.233. The van der Waals surface area contributed by atoms with Crippen molar-refractivity contribution in [1.82, 2.24) is 20.4 Å². The Bertz CT molecular complexity index is 1470. The highest BCUT2D eigenvalue weighted by atomic mass is 16.5. The maximum absolute atomic E-state index is 13.5. The van der Waals surface area contributed by atoms with Crippen LogP contribution in [0.5, 0.6) is 5.75 Å². The molecule has 5 rings (SSSR count). The van der Waals surface area contributed by atoms with E-state index in [1.807, 2.05) is 72.8 Å². The van der Waals surface area contributed by atoms with Crippen LogP contribution in [0.25, 0.3) is 0 Å². The average molecular weight is 593 g/mol. The summed E-state index contributed by atoms with van der Waals surface area (Å²) in [7, 11) is 2.15. The lowest BCUT2D eigenvalue weighted by molar-refractivity contribution is -0.123. The maximum atomic E-state index is 13.5. The molecule has 44 heavy (non-hydrogen) atoms. The third-order valence-corrected chi connectivity index (χ3v) is 7.66. The van der Waals surface area contributed by atoms with Crippen LogP contribution >= 0.6 is 0 Å². The summed E-state index contributed by atoms with van der Waals surface area (Å²) in [4.78, 5) is 31.1. The van der Waals surface area contributed by atoms with E-state index >= 15 is 0 Å². The van der Waals surface area contributed by atoms with Crippen LogP contribution in [0.1, 0.15) is 33.9 Å². The van der Waals surface area contributed by atoms with Crippen molar-refractivity contribution in [3.63, 3.8) is 0 Å². The van der Waals surface area contributed by atoms with Crippen LogP contribution in [0.4, 0.5) is 4.79 Å². The molecule has 1 heterocycles. The second-order valence-corrected chi connectivity index (χ2v) is 11.1. The molecule has 1 aliphatic heterocycles. The van der Waals surface area contributed by atoms with Gasteiger partial charge in [-0.1, -0.05) is 97.1 Å². The molecule has 1 atom stereocenters. The van der Waals surface area contributed by atoms with E-state index < -0.39 is 12.1 Å². The van der Waals surface area contributed by atoms with Gasteiger partial charge in [-0.05, 0) is 47.0 Å². The first-order valence-corrected chi connectivity index (χ1v) is 15.0. The molecule has 0 aliphatic carbocycles. The lowest BCUT2D eigenvalue weighted by atomic mass is 10.1. The number of carbonyl (C=O) groups is 2. The summed E-state index contributed by atoms with van der Waals surface area (Å²) in [6.45, 7) is 5.98. The number of amides is 2. The van der Waals surface area contributed by atoms with Gasteiger partial charge in [0.15, 0.2) is 0 Å². The zero-order chi connectivity index (χ0) is 30.6. The van der Waals surface area contributed by atoms with E-state index in [4.69, 9.17) is 9.47 Å². The zero-order valence-corrected chi connectivity index (χ0v) is 25.2. The summed E-state index contributed by atoms with van der Waals surface area (Å²) in [5.41, 5.74) is 4.76. The number of carbonyl (C=O) groups excluding carboxylic acids is 2. The van der Waals surface area contributed by atoms with E-state index in [0.717, 1.165) is 49.4 Å². The van der Waals surface area contributed by atoms with E-state index in [1.165, 1.54) is 5.56 Å². The molecular weight excluding hydrogens is 552 g/mol. The normalized spacial score (nSPS) is 14.4. The van der Waals surface area contributed by atoms with Crippen LogP contribution in [0.15, 0.2) is 109 Å². The average Bonchev–Trinajstić information content (AvgIpc) is 3.07. The van der Waals surface area contributed by atoms with Crippen molar-refractivity contribution in [1.29, 1.82) is 0 Å². The maximum Gasteiger partial charge on any atom is 0.408 e. The second kappa shape index (κ2) is 15.7. The highest BCUT2D eigenvalue weighted by Gasteiger charge is 2.24. The molecule has 2 amide bonds. The fraction of sp³-hybridized carbons (Fsp3) is 0.278. The molecule has 0 radical (unpaired) electrons. The Morgan fingerprint density at radius 2 is 1.34 bits per heavy atom. The minimum atomic E-state index is -0.949. The second-order valence-electron chi connectivity index (χ2n) is 11.1. The molecule has 4 aromatic rings. The first kappa shape index (κ1) is 30.8. The van der Waals surface area contributed by atoms with Crippen molar-refractivity contribution in [2.45, 2.75) is 32.3 Å². The van der Waals surface area contributed by atoms with Gasteiger partial charge in [0.2, 0.25) is 5.91 Å². The molecule has 4 aromatic carbocycles. The van der Waals surface area contributed by atoms with Gasteiger partial charge in [-0.25, -0.2) is 4.79 Å².